The van der Waals surface area contributed by atoms with E-state index in [0.29, 0.717) is 0 Å². The molecule has 44 heavy (non-hydrogen) atoms. The molecule has 2 heterocycles. The molecule has 9 rings (SSSR count). The number of benzene rings is 6. The molecule has 0 amide bonds. The van der Waals surface area contributed by atoms with Crippen LogP contribution in [0.25, 0.3) is 48.2 Å². The van der Waals surface area contributed by atoms with Crippen molar-refractivity contribution in [2.45, 2.75) is 19.3 Å². The van der Waals surface area contributed by atoms with Gasteiger partial charge in [0.15, 0.2) is 0 Å². The molecule has 210 valence electrons. The predicted octanol–water partition coefficient (Wildman–Crippen LogP) is 11.8. The highest BCUT2D eigenvalue weighted by molar-refractivity contribution is 7.24. The van der Waals surface area contributed by atoms with E-state index in [9.17, 15) is 0 Å². The Bertz CT molecular complexity index is 2360. The lowest BCUT2D eigenvalue weighted by Crippen LogP contribution is -2.16. The lowest BCUT2D eigenvalue weighted by Gasteiger charge is -2.28. The van der Waals surface area contributed by atoms with Gasteiger partial charge in [-0.15, -0.1) is 11.3 Å². The Balaban J connectivity index is 1.32. The summed E-state index contributed by atoms with van der Waals surface area (Å²) in [5.74, 6) is 0. The lowest BCUT2D eigenvalue weighted by molar-refractivity contribution is 0.660. The van der Waals surface area contributed by atoms with Crippen molar-refractivity contribution in [3.8, 4) is 22.3 Å². The Hall–Kier alpha value is -5.12. The van der Waals surface area contributed by atoms with Crippen molar-refractivity contribution < 1.29 is 0 Å². The Kier molecular flexibility index (Phi) is 5.45. The van der Waals surface area contributed by atoms with Crippen LogP contribution < -0.4 is 4.90 Å². The topological polar surface area (TPSA) is 7.65 Å². The van der Waals surface area contributed by atoms with Gasteiger partial charge in [-0.1, -0.05) is 117 Å². The van der Waals surface area contributed by atoms with Crippen LogP contribution in [0.5, 0.6) is 0 Å². The van der Waals surface area contributed by atoms with Gasteiger partial charge in [-0.25, -0.2) is 0 Å². The first-order chi connectivity index (χ1) is 21.6. The molecule has 0 spiro atoms. The van der Waals surface area contributed by atoms with Gasteiger partial charge in [-0.05, 0) is 75.8 Å². The number of rotatable bonds is 4. The van der Waals surface area contributed by atoms with E-state index in [1.807, 2.05) is 11.3 Å². The molecule has 3 heteroatoms. The van der Waals surface area contributed by atoms with Crippen LogP contribution in [0.15, 0.2) is 146 Å². The molecule has 0 saturated heterocycles. The number of para-hydroxylation sites is 2. The van der Waals surface area contributed by atoms with Crippen molar-refractivity contribution in [3.05, 3.63) is 157 Å². The van der Waals surface area contributed by atoms with Crippen molar-refractivity contribution in [1.82, 2.24) is 4.40 Å². The van der Waals surface area contributed by atoms with Crippen LogP contribution in [0.2, 0.25) is 0 Å². The van der Waals surface area contributed by atoms with Gasteiger partial charge in [0.25, 0.3) is 0 Å². The van der Waals surface area contributed by atoms with E-state index in [2.05, 4.69) is 169 Å². The molecular formula is C41H30N2S. The van der Waals surface area contributed by atoms with Crippen LogP contribution in [-0.4, -0.2) is 4.40 Å². The summed E-state index contributed by atoms with van der Waals surface area (Å²) in [6, 6.07) is 53.3. The van der Waals surface area contributed by atoms with E-state index in [-0.39, 0.29) is 5.41 Å². The highest BCUT2D eigenvalue weighted by Gasteiger charge is 2.36. The van der Waals surface area contributed by atoms with Crippen LogP contribution >= 0.6 is 11.3 Å². The molecule has 0 atom stereocenters. The van der Waals surface area contributed by atoms with Crippen LogP contribution in [0.4, 0.5) is 17.1 Å². The summed E-state index contributed by atoms with van der Waals surface area (Å²) in [5, 5.41) is 1.25. The quantitative estimate of drug-likeness (QED) is 0.200. The third-order valence-electron chi connectivity index (χ3n) is 9.40. The second-order valence-corrected chi connectivity index (χ2v) is 13.3. The maximum absolute atomic E-state index is 2.49. The van der Waals surface area contributed by atoms with Crippen LogP contribution in [0.3, 0.4) is 0 Å². The van der Waals surface area contributed by atoms with Gasteiger partial charge in [0.1, 0.15) is 4.83 Å². The second-order valence-electron chi connectivity index (χ2n) is 12.2. The molecule has 0 aliphatic heterocycles. The van der Waals surface area contributed by atoms with Gasteiger partial charge in [-0.2, -0.15) is 0 Å². The molecule has 0 saturated carbocycles. The van der Waals surface area contributed by atoms with Gasteiger partial charge in [-0.3, -0.25) is 4.40 Å². The largest absolute Gasteiger partial charge is 0.307 e. The first-order valence-electron chi connectivity index (χ1n) is 15.2. The van der Waals surface area contributed by atoms with Crippen molar-refractivity contribution >= 4 is 54.3 Å². The van der Waals surface area contributed by atoms with Gasteiger partial charge in [0.05, 0.1) is 21.4 Å². The van der Waals surface area contributed by atoms with Crippen LogP contribution in [-0.2, 0) is 5.41 Å². The minimum Gasteiger partial charge on any atom is -0.307 e. The standard InChI is InChI=1S/C41H30N2S/c1-41(2)34-16-8-6-14-31(34)32-25-24-30(26-35(32)41)42(29-22-20-28(21-23-29)27-12-4-3-5-13-27)39-33-15-7-9-17-36(33)43-37-18-10-11-19-38(37)44-40(39)43/h3-26H,1-2H3. The van der Waals surface area contributed by atoms with Crippen molar-refractivity contribution in [2.75, 3.05) is 4.90 Å². The smallest absolute Gasteiger partial charge is 0.126 e. The van der Waals surface area contributed by atoms with Gasteiger partial charge in [0, 0.05) is 22.2 Å². The van der Waals surface area contributed by atoms with Crippen LogP contribution in [0.1, 0.15) is 25.0 Å². The molecule has 8 aromatic rings. The van der Waals surface area contributed by atoms with E-state index in [0.717, 1.165) is 5.69 Å². The second kappa shape index (κ2) is 9.44. The summed E-state index contributed by atoms with van der Waals surface area (Å²) >= 11 is 1.87. The number of aromatic nitrogens is 1. The molecule has 0 bridgehead atoms. The molecule has 0 fully saturated rings. The van der Waals surface area contributed by atoms with Crippen molar-refractivity contribution in [2.24, 2.45) is 0 Å². The number of hydrogen-bond acceptors (Lipinski definition) is 2. The minimum absolute atomic E-state index is 0.0828. The Morgan fingerprint density at radius 1 is 0.545 bits per heavy atom. The van der Waals surface area contributed by atoms with Gasteiger partial charge < -0.3 is 4.90 Å². The first kappa shape index (κ1) is 25.4. The fraction of sp³-hybridized carbons (Fsp3) is 0.0732. The fourth-order valence-corrected chi connectivity index (χ4v) is 8.46. The molecule has 0 radical (unpaired) electrons. The van der Waals surface area contributed by atoms with Crippen molar-refractivity contribution in [3.63, 3.8) is 0 Å². The summed E-state index contributed by atoms with van der Waals surface area (Å²) in [7, 11) is 0. The molecule has 2 aromatic heterocycles. The van der Waals surface area contributed by atoms with E-state index in [1.54, 1.807) is 0 Å². The van der Waals surface area contributed by atoms with E-state index < -0.39 is 0 Å². The average molecular weight is 583 g/mol. The van der Waals surface area contributed by atoms with Gasteiger partial charge >= 0.3 is 0 Å². The summed E-state index contributed by atoms with van der Waals surface area (Å²) < 4.78 is 3.74. The zero-order valence-electron chi connectivity index (χ0n) is 24.7. The predicted molar refractivity (Wildman–Crippen MR) is 188 cm³/mol. The normalized spacial score (nSPS) is 13.4. The fourth-order valence-electron chi connectivity index (χ4n) is 7.25. The van der Waals surface area contributed by atoms with E-state index >= 15 is 0 Å². The van der Waals surface area contributed by atoms with E-state index in [4.69, 9.17) is 0 Å². The summed E-state index contributed by atoms with van der Waals surface area (Å²) in [6.45, 7) is 4.72. The first-order valence-corrected chi connectivity index (χ1v) is 16.0. The zero-order valence-corrected chi connectivity index (χ0v) is 25.5. The summed E-state index contributed by atoms with van der Waals surface area (Å²) in [4.78, 5) is 3.74. The van der Waals surface area contributed by atoms with Crippen molar-refractivity contribution in [1.29, 1.82) is 0 Å². The lowest BCUT2D eigenvalue weighted by atomic mass is 9.82. The molecule has 1 aliphatic carbocycles. The summed E-state index contributed by atoms with van der Waals surface area (Å²) in [6.07, 6.45) is 0. The molecular weight excluding hydrogens is 553 g/mol. The Morgan fingerprint density at radius 3 is 2.02 bits per heavy atom. The Labute approximate surface area is 261 Å². The average Bonchev–Trinajstić information content (AvgIpc) is 3.68. The number of fused-ring (bicyclic) bond motifs is 8. The third-order valence-corrected chi connectivity index (χ3v) is 10.5. The number of thiazole rings is 1. The maximum Gasteiger partial charge on any atom is 0.126 e. The molecule has 0 unspecified atom stereocenters. The molecule has 6 aromatic carbocycles. The van der Waals surface area contributed by atoms with Crippen LogP contribution in [0, 0.1) is 0 Å². The zero-order chi connectivity index (χ0) is 29.4. The molecule has 0 N–H and O–H groups in total. The molecule has 2 nitrogen and oxygen atoms in total. The monoisotopic (exact) mass is 582 g/mol. The number of hydrogen-bond donors (Lipinski definition) is 0. The third kappa shape index (κ3) is 3.60. The van der Waals surface area contributed by atoms with Gasteiger partial charge in [0.2, 0.25) is 0 Å². The maximum atomic E-state index is 2.49. The summed E-state index contributed by atoms with van der Waals surface area (Å²) in [5.41, 5.74) is 13.8. The SMILES string of the molecule is CC1(C)c2ccccc2-c2ccc(N(c3ccc(-c4ccccc4)cc3)c3c4ccccc4n4c3sc3ccccc34)cc21. The highest BCUT2D eigenvalue weighted by atomic mass is 32.1. The van der Waals surface area contributed by atoms with E-state index in [1.165, 1.54) is 70.7 Å². The number of anilines is 3. The number of nitrogens with zero attached hydrogens (tertiary/aromatic N) is 2. The Morgan fingerprint density at radius 2 is 1.18 bits per heavy atom. The molecule has 1 aliphatic rings. The minimum atomic E-state index is -0.0828. The highest BCUT2D eigenvalue weighted by Crippen LogP contribution is 2.52.